The third-order valence-electron chi connectivity index (χ3n) is 4.19. The molecule has 0 aliphatic rings. The van der Waals surface area contributed by atoms with Crippen LogP contribution in [0.25, 0.3) is 11.4 Å². The van der Waals surface area contributed by atoms with E-state index >= 15 is 0 Å². The second kappa shape index (κ2) is 9.01. The minimum Gasteiger partial charge on any atom is -0.497 e. The van der Waals surface area contributed by atoms with Crippen LogP contribution in [0.3, 0.4) is 0 Å². The lowest BCUT2D eigenvalue weighted by Gasteiger charge is -2.08. The quantitative estimate of drug-likeness (QED) is 0.507. The summed E-state index contributed by atoms with van der Waals surface area (Å²) in [5.74, 6) is 3.55. The number of methoxy groups -OCH3 is 2. The molecule has 3 aromatic rings. The Kier molecular flexibility index (Phi) is 6.45. The lowest BCUT2D eigenvalue weighted by molar-refractivity contribution is 0.322. The third kappa shape index (κ3) is 4.24. The maximum atomic E-state index is 5.67. The van der Waals surface area contributed by atoms with Gasteiger partial charge >= 0.3 is 0 Å². The molecule has 0 atom stereocenters. The fourth-order valence-corrected chi connectivity index (χ4v) is 3.58. The highest BCUT2D eigenvalue weighted by Gasteiger charge is 2.19. The number of aromatic nitrogens is 5. The topological polar surface area (TPSA) is 76.2 Å². The second-order valence-electron chi connectivity index (χ2n) is 6.01. The van der Waals surface area contributed by atoms with Crippen LogP contribution in [0.4, 0.5) is 0 Å². The predicted octanol–water partition coefficient (Wildman–Crippen LogP) is 3.41. The van der Waals surface area contributed by atoms with Crippen LogP contribution >= 0.6 is 11.8 Å². The van der Waals surface area contributed by atoms with Crippen molar-refractivity contribution < 1.29 is 14.2 Å². The molecule has 0 unspecified atom stereocenters. The van der Waals surface area contributed by atoms with Crippen molar-refractivity contribution in [2.75, 3.05) is 20.8 Å². The molecule has 2 heterocycles. The molecule has 0 N–H and O–H groups in total. The van der Waals surface area contributed by atoms with Gasteiger partial charge in [0.15, 0.2) is 11.0 Å². The molecule has 2 aromatic heterocycles. The fourth-order valence-electron chi connectivity index (χ4n) is 2.74. The first-order chi connectivity index (χ1) is 13.6. The van der Waals surface area contributed by atoms with Crippen LogP contribution in [-0.4, -0.2) is 45.4 Å². The van der Waals surface area contributed by atoms with Crippen LogP contribution in [-0.2, 0) is 19.3 Å². The molecule has 1 aromatic carbocycles. The predicted molar refractivity (Wildman–Crippen MR) is 108 cm³/mol. The van der Waals surface area contributed by atoms with E-state index in [-0.39, 0.29) is 0 Å². The molecule has 3 rings (SSSR count). The van der Waals surface area contributed by atoms with Crippen molar-refractivity contribution in [2.45, 2.75) is 31.3 Å². The first-order valence-electron chi connectivity index (χ1n) is 9.04. The Morgan fingerprint density at radius 1 is 1.04 bits per heavy atom. The number of hydrogen-bond donors (Lipinski definition) is 0. The van der Waals surface area contributed by atoms with Crippen molar-refractivity contribution in [3.63, 3.8) is 0 Å². The highest BCUT2D eigenvalue weighted by Crippen LogP contribution is 2.32. The SMILES string of the molecule is CCOc1nn(CC)cc1-c1nnc(SCc2cc(OC)cc(OC)c2)n1C. The Labute approximate surface area is 168 Å². The number of ether oxygens (including phenoxy) is 3. The van der Waals surface area contributed by atoms with Gasteiger partial charge in [-0.3, -0.25) is 4.68 Å². The monoisotopic (exact) mass is 403 g/mol. The molecule has 0 saturated carbocycles. The minimum atomic E-state index is 0.546. The Bertz CT molecular complexity index is 916. The Morgan fingerprint density at radius 2 is 1.75 bits per heavy atom. The van der Waals surface area contributed by atoms with E-state index in [4.69, 9.17) is 14.2 Å². The number of hydrogen-bond acceptors (Lipinski definition) is 7. The standard InChI is InChI=1S/C19H25N5O3S/c1-6-24-11-16(18(22-24)27-7-2)17-20-21-19(23(17)3)28-12-13-8-14(25-4)10-15(9-13)26-5/h8-11H,6-7,12H2,1-5H3. The number of nitrogens with zero attached hydrogens (tertiary/aromatic N) is 5. The van der Waals surface area contributed by atoms with Crippen LogP contribution in [0, 0.1) is 0 Å². The summed E-state index contributed by atoms with van der Waals surface area (Å²) in [6.07, 6.45) is 1.94. The molecule has 0 aliphatic heterocycles. The molecule has 0 bridgehead atoms. The van der Waals surface area contributed by atoms with Crippen molar-refractivity contribution in [3.05, 3.63) is 30.0 Å². The van der Waals surface area contributed by atoms with Crippen LogP contribution in [0.1, 0.15) is 19.4 Å². The molecule has 0 radical (unpaired) electrons. The third-order valence-corrected chi connectivity index (χ3v) is 5.28. The molecule has 9 heteroatoms. The van der Waals surface area contributed by atoms with Crippen LogP contribution < -0.4 is 14.2 Å². The maximum absolute atomic E-state index is 5.67. The summed E-state index contributed by atoms with van der Waals surface area (Å²) in [6, 6.07) is 5.84. The number of rotatable bonds is 9. The van der Waals surface area contributed by atoms with Crippen molar-refractivity contribution in [1.82, 2.24) is 24.5 Å². The van der Waals surface area contributed by atoms with Crippen molar-refractivity contribution in [2.24, 2.45) is 7.05 Å². The van der Waals surface area contributed by atoms with Crippen LogP contribution in [0.5, 0.6) is 17.4 Å². The summed E-state index contributed by atoms with van der Waals surface area (Å²) in [5, 5.41) is 14.0. The van der Waals surface area contributed by atoms with Gasteiger partial charge in [-0.2, -0.15) is 0 Å². The van der Waals surface area contributed by atoms with E-state index in [2.05, 4.69) is 15.3 Å². The summed E-state index contributed by atoms with van der Waals surface area (Å²) < 4.78 is 20.1. The lowest BCUT2D eigenvalue weighted by Crippen LogP contribution is -1.98. The van der Waals surface area contributed by atoms with E-state index in [0.717, 1.165) is 40.2 Å². The van der Waals surface area contributed by atoms with E-state index in [1.165, 1.54) is 0 Å². The fraction of sp³-hybridized carbons (Fsp3) is 0.421. The zero-order valence-corrected chi connectivity index (χ0v) is 17.6. The molecule has 0 saturated heterocycles. The Balaban J connectivity index is 1.82. The second-order valence-corrected chi connectivity index (χ2v) is 6.95. The lowest BCUT2D eigenvalue weighted by atomic mass is 10.2. The molecule has 28 heavy (non-hydrogen) atoms. The first kappa shape index (κ1) is 20.1. The van der Waals surface area contributed by atoms with Gasteiger partial charge < -0.3 is 18.8 Å². The van der Waals surface area contributed by atoms with Gasteiger partial charge in [0.2, 0.25) is 5.88 Å². The summed E-state index contributed by atoms with van der Waals surface area (Å²) in [5.41, 5.74) is 1.92. The zero-order valence-electron chi connectivity index (χ0n) is 16.8. The maximum Gasteiger partial charge on any atom is 0.243 e. The molecular formula is C19H25N5O3S. The highest BCUT2D eigenvalue weighted by atomic mass is 32.2. The summed E-state index contributed by atoms with van der Waals surface area (Å²) >= 11 is 1.60. The van der Waals surface area contributed by atoms with E-state index in [1.54, 1.807) is 26.0 Å². The minimum absolute atomic E-state index is 0.546. The number of aryl methyl sites for hydroxylation is 1. The van der Waals surface area contributed by atoms with E-state index < -0.39 is 0 Å². The number of thioether (sulfide) groups is 1. The molecule has 0 fully saturated rings. The summed E-state index contributed by atoms with van der Waals surface area (Å²) in [7, 11) is 5.24. The van der Waals surface area contributed by atoms with Gasteiger partial charge in [-0.15, -0.1) is 15.3 Å². The van der Waals surface area contributed by atoms with Gasteiger partial charge in [-0.25, -0.2) is 0 Å². The van der Waals surface area contributed by atoms with Crippen molar-refractivity contribution in [1.29, 1.82) is 0 Å². The van der Waals surface area contributed by atoms with Crippen molar-refractivity contribution in [3.8, 4) is 28.8 Å². The largest absolute Gasteiger partial charge is 0.497 e. The van der Waals surface area contributed by atoms with Crippen LogP contribution in [0.2, 0.25) is 0 Å². The Morgan fingerprint density at radius 3 is 2.36 bits per heavy atom. The molecule has 150 valence electrons. The summed E-state index contributed by atoms with van der Waals surface area (Å²) in [6.45, 7) is 5.28. The number of benzene rings is 1. The molecule has 0 aliphatic carbocycles. The molecule has 0 amide bonds. The van der Waals surface area contributed by atoms with Gasteiger partial charge in [0.1, 0.15) is 17.1 Å². The van der Waals surface area contributed by atoms with E-state index in [1.807, 2.05) is 54.5 Å². The molecular weight excluding hydrogens is 378 g/mol. The molecule has 8 nitrogen and oxygen atoms in total. The average Bonchev–Trinajstić information content (AvgIpc) is 3.29. The molecule has 0 spiro atoms. The van der Waals surface area contributed by atoms with E-state index in [9.17, 15) is 0 Å². The van der Waals surface area contributed by atoms with Crippen molar-refractivity contribution >= 4 is 11.8 Å². The zero-order chi connectivity index (χ0) is 20.1. The Hall–Kier alpha value is -2.68. The van der Waals surface area contributed by atoms with Crippen LogP contribution in [0.15, 0.2) is 29.6 Å². The van der Waals surface area contributed by atoms with Gasteiger partial charge in [-0.1, -0.05) is 11.8 Å². The van der Waals surface area contributed by atoms with Gasteiger partial charge in [-0.05, 0) is 31.5 Å². The van der Waals surface area contributed by atoms with Gasteiger partial charge in [0.05, 0.1) is 20.8 Å². The normalized spacial score (nSPS) is 10.9. The summed E-state index contributed by atoms with van der Waals surface area (Å²) in [4.78, 5) is 0. The highest BCUT2D eigenvalue weighted by molar-refractivity contribution is 7.98. The first-order valence-corrected chi connectivity index (χ1v) is 10.0. The van der Waals surface area contributed by atoms with E-state index in [0.29, 0.717) is 18.2 Å². The van der Waals surface area contributed by atoms with Gasteiger partial charge in [0, 0.05) is 31.6 Å². The smallest absolute Gasteiger partial charge is 0.243 e. The average molecular weight is 404 g/mol. The van der Waals surface area contributed by atoms with Gasteiger partial charge in [0.25, 0.3) is 0 Å².